The SMILES string of the molecule is CSc1ccc(NS(=O)(=O)CC2CCCCN2)cc1. The zero-order valence-corrected chi connectivity index (χ0v) is 12.7. The fraction of sp³-hybridized carbons (Fsp3) is 0.538. The molecular formula is C13H20N2O2S2. The van der Waals surface area contributed by atoms with Crippen LogP contribution in [0.5, 0.6) is 0 Å². The van der Waals surface area contributed by atoms with Crippen LogP contribution in [-0.4, -0.2) is 33.0 Å². The fourth-order valence-corrected chi connectivity index (χ4v) is 4.01. The van der Waals surface area contributed by atoms with Gasteiger partial charge in [-0.25, -0.2) is 8.42 Å². The van der Waals surface area contributed by atoms with Crippen LogP contribution in [0.3, 0.4) is 0 Å². The Morgan fingerprint density at radius 1 is 1.32 bits per heavy atom. The van der Waals surface area contributed by atoms with Gasteiger partial charge in [-0.15, -0.1) is 11.8 Å². The summed E-state index contributed by atoms with van der Waals surface area (Å²) in [5.41, 5.74) is 0.633. The molecule has 1 aliphatic heterocycles. The van der Waals surface area contributed by atoms with E-state index in [1.54, 1.807) is 23.9 Å². The van der Waals surface area contributed by atoms with E-state index in [9.17, 15) is 8.42 Å². The van der Waals surface area contributed by atoms with Gasteiger partial charge in [0.1, 0.15) is 0 Å². The number of hydrogen-bond donors (Lipinski definition) is 2. The van der Waals surface area contributed by atoms with E-state index in [4.69, 9.17) is 0 Å². The van der Waals surface area contributed by atoms with Gasteiger partial charge in [0.05, 0.1) is 5.75 Å². The van der Waals surface area contributed by atoms with Crippen LogP contribution in [0.15, 0.2) is 29.2 Å². The number of piperidine rings is 1. The van der Waals surface area contributed by atoms with Gasteiger partial charge in [-0.1, -0.05) is 6.42 Å². The lowest BCUT2D eigenvalue weighted by molar-refractivity contribution is 0.424. The van der Waals surface area contributed by atoms with Crippen molar-refractivity contribution >= 4 is 27.5 Å². The summed E-state index contributed by atoms with van der Waals surface area (Å²) < 4.78 is 26.8. The van der Waals surface area contributed by atoms with Gasteiger partial charge in [0.15, 0.2) is 0 Å². The van der Waals surface area contributed by atoms with Gasteiger partial charge >= 0.3 is 0 Å². The van der Waals surface area contributed by atoms with Crippen LogP contribution in [0.4, 0.5) is 5.69 Å². The average Bonchev–Trinajstić information content (AvgIpc) is 2.39. The molecule has 0 aliphatic carbocycles. The van der Waals surface area contributed by atoms with E-state index in [0.717, 1.165) is 30.7 Å². The van der Waals surface area contributed by atoms with Gasteiger partial charge in [0.2, 0.25) is 10.0 Å². The zero-order chi connectivity index (χ0) is 13.7. The van der Waals surface area contributed by atoms with Gasteiger partial charge in [-0.2, -0.15) is 0 Å². The summed E-state index contributed by atoms with van der Waals surface area (Å²) in [6, 6.07) is 7.52. The lowest BCUT2D eigenvalue weighted by Crippen LogP contribution is -2.40. The maximum Gasteiger partial charge on any atom is 0.234 e. The third kappa shape index (κ3) is 4.71. The first-order valence-corrected chi connectivity index (χ1v) is 9.35. The second-order valence-corrected chi connectivity index (χ2v) is 7.41. The maximum absolute atomic E-state index is 12.1. The average molecular weight is 300 g/mol. The van der Waals surface area contributed by atoms with Crippen molar-refractivity contribution in [3.63, 3.8) is 0 Å². The van der Waals surface area contributed by atoms with Crippen LogP contribution in [0.25, 0.3) is 0 Å². The summed E-state index contributed by atoms with van der Waals surface area (Å²) in [5.74, 6) is 0.150. The highest BCUT2D eigenvalue weighted by Crippen LogP contribution is 2.19. The van der Waals surface area contributed by atoms with Crippen LogP contribution >= 0.6 is 11.8 Å². The summed E-state index contributed by atoms with van der Waals surface area (Å²) in [4.78, 5) is 1.12. The van der Waals surface area contributed by atoms with Crippen molar-refractivity contribution in [3.05, 3.63) is 24.3 Å². The summed E-state index contributed by atoms with van der Waals surface area (Å²) in [5, 5.41) is 3.26. The van der Waals surface area contributed by atoms with Crippen LogP contribution < -0.4 is 10.0 Å². The summed E-state index contributed by atoms with van der Waals surface area (Å²) in [6.45, 7) is 0.919. The highest BCUT2D eigenvalue weighted by atomic mass is 32.2. The number of hydrogen-bond acceptors (Lipinski definition) is 4. The van der Waals surface area contributed by atoms with E-state index in [-0.39, 0.29) is 11.8 Å². The third-order valence-electron chi connectivity index (χ3n) is 3.20. The van der Waals surface area contributed by atoms with Crippen LogP contribution in [0.2, 0.25) is 0 Å². The number of anilines is 1. The lowest BCUT2D eigenvalue weighted by atomic mass is 10.1. The molecule has 1 fully saturated rings. The number of thioether (sulfide) groups is 1. The molecule has 0 amide bonds. The van der Waals surface area contributed by atoms with Crippen molar-refractivity contribution in [1.82, 2.24) is 5.32 Å². The molecule has 0 saturated carbocycles. The molecule has 1 saturated heterocycles. The van der Waals surface area contributed by atoms with E-state index in [2.05, 4.69) is 10.0 Å². The maximum atomic E-state index is 12.1. The number of rotatable bonds is 5. The van der Waals surface area contributed by atoms with Crippen molar-refractivity contribution in [2.45, 2.75) is 30.2 Å². The van der Waals surface area contributed by atoms with E-state index < -0.39 is 10.0 Å². The Bertz CT molecular complexity index is 494. The molecule has 4 nitrogen and oxygen atoms in total. The van der Waals surface area contributed by atoms with Crippen molar-refractivity contribution in [3.8, 4) is 0 Å². The van der Waals surface area contributed by atoms with Crippen LogP contribution in [-0.2, 0) is 10.0 Å². The molecule has 2 N–H and O–H groups in total. The smallest absolute Gasteiger partial charge is 0.234 e. The van der Waals surface area contributed by atoms with E-state index in [1.807, 2.05) is 18.4 Å². The Labute approximate surface area is 119 Å². The summed E-state index contributed by atoms with van der Waals surface area (Å²) in [6.07, 6.45) is 5.18. The second-order valence-electron chi connectivity index (χ2n) is 4.76. The molecule has 1 aliphatic rings. The molecule has 0 aromatic heterocycles. The zero-order valence-electron chi connectivity index (χ0n) is 11.1. The molecule has 0 spiro atoms. The van der Waals surface area contributed by atoms with Gasteiger partial charge in [0.25, 0.3) is 0 Å². The van der Waals surface area contributed by atoms with Crippen LogP contribution in [0.1, 0.15) is 19.3 Å². The topological polar surface area (TPSA) is 58.2 Å². The third-order valence-corrected chi connectivity index (χ3v) is 5.33. The molecule has 106 valence electrons. The minimum atomic E-state index is -3.27. The molecule has 1 atom stereocenters. The second kappa shape index (κ2) is 6.63. The molecule has 1 aromatic rings. The lowest BCUT2D eigenvalue weighted by Gasteiger charge is -2.23. The van der Waals surface area contributed by atoms with Gasteiger partial charge in [0, 0.05) is 16.6 Å². The Balaban J connectivity index is 1.95. The largest absolute Gasteiger partial charge is 0.313 e. The quantitative estimate of drug-likeness (QED) is 0.819. The molecule has 1 unspecified atom stereocenters. The van der Waals surface area contributed by atoms with E-state index >= 15 is 0 Å². The fourth-order valence-electron chi connectivity index (χ4n) is 2.21. The van der Waals surface area contributed by atoms with E-state index in [1.165, 1.54) is 0 Å². The normalized spacial score (nSPS) is 20.2. The minimum absolute atomic E-state index is 0.0803. The van der Waals surface area contributed by atoms with Crippen molar-refractivity contribution in [1.29, 1.82) is 0 Å². The molecule has 1 aromatic carbocycles. The monoisotopic (exact) mass is 300 g/mol. The Morgan fingerprint density at radius 2 is 2.05 bits per heavy atom. The summed E-state index contributed by atoms with van der Waals surface area (Å²) >= 11 is 1.64. The predicted octanol–water partition coefficient (Wildman–Crippen LogP) is 2.29. The first-order valence-electron chi connectivity index (χ1n) is 6.47. The highest BCUT2D eigenvalue weighted by Gasteiger charge is 2.20. The summed E-state index contributed by atoms with van der Waals surface area (Å²) in [7, 11) is -3.27. The van der Waals surface area contributed by atoms with Crippen molar-refractivity contribution in [2.24, 2.45) is 0 Å². The Kier molecular flexibility index (Phi) is 5.13. The molecule has 2 rings (SSSR count). The van der Waals surface area contributed by atoms with Crippen LogP contribution in [0, 0.1) is 0 Å². The number of sulfonamides is 1. The van der Waals surface area contributed by atoms with Gasteiger partial charge in [-0.3, -0.25) is 4.72 Å². The molecule has 0 bridgehead atoms. The molecular weight excluding hydrogens is 280 g/mol. The number of benzene rings is 1. The standard InChI is InChI=1S/C13H20N2O2S2/c1-18-13-7-5-11(6-8-13)15-19(16,17)10-12-4-2-3-9-14-12/h5-8,12,14-15H,2-4,9-10H2,1H3. The van der Waals surface area contributed by atoms with Gasteiger partial charge in [-0.05, 0) is 49.9 Å². The first-order chi connectivity index (χ1) is 9.09. The minimum Gasteiger partial charge on any atom is -0.313 e. The molecule has 0 radical (unpaired) electrons. The molecule has 1 heterocycles. The Hall–Kier alpha value is -0.720. The van der Waals surface area contributed by atoms with Gasteiger partial charge < -0.3 is 5.32 Å². The number of nitrogens with one attached hydrogen (secondary N) is 2. The van der Waals surface area contributed by atoms with Crippen molar-refractivity contribution < 1.29 is 8.42 Å². The molecule has 6 heteroatoms. The highest BCUT2D eigenvalue weighted by molar-refractivity contribution is 7.98. The first kappa shape index (κ1) is 14.7. The van der Waals surface area contributed by atoms with Crippen molar-refractivity contribution in [2.75, 3.05) is 23.3 Å². The Morgan fingerprint density at radius 3 is 2.63 bits per heavy atom. The van der Waals surface area contributed by atoms with E-state index in [0.29, 0.717) is 5.69 Å². The predicted molar refractivity (Wildman–Crippen MR) is 81.3 cm³/mol. The molecule has 19 heavy (non-hydrogen) atoms.